The number of rotatable bonds is 3. The molecule has 4 nitrogen and oxygen atoms in total. The van der Waals surface area contributed by atoms with E-state index in [0.717, 1.165) is 6.08 Å². The first-order valence-corrected chi connectivity index (χ1v) is 4.38. The Bertz CT molecular complexity index is 440. The summed E-state index contributed by atoms with van der Waals surface area (Å²) in [5.41, 5.74) is 5.48. The van der Waals surface area contributed by atoms with Gasteiger partial charge >= 0.3 is 5.97 Å². The summed E-state index contributed by atoms with van der Waals surface area (Å²) >= 11 is 5.70. The van der Waals surface area contributed by atoms with Gasteiger partial charge in [0.2, 0.25) is 5.91 Å². The van der Waals surface area contributed by atoms with Gasteiger partial charge in [-0.2, -0.15) is 0 Å². The number of primary amides is 1. The van der Waals surface area contributed by atoms with Crippen LogP contribution in [0.4, 0.5) is 0 Å². The highest BCUT2D eigenvalue weighted by atomic mass is 35.5. The molecule has 1 amide bonds. The Balaban J connectivity index is 3.09. The van der Waals surface area contributed by atoms with Crippen LogP contribution in [0.25, 0.3) is 6.08 Å². The minimum absolute atomic E-state index is 0.0617. The van der Waals surface area contributed by atoms with E-state index in [9.17, 15) is 9.59 Å². The predicted molar refractivity (Wildman–Crippen MR) is 56.6 cm³/mol. The molecule has 0 fully saturated rings. The first-order valence-electron chi connectivity index (χ1n) is 4.00. The molecule has 0 aliphatic rings. The Labute approximate surface area is 91.0 Å². The topological polar surface area (TPSA) is 80.4 Å². The van der Waals surface area contributed by atoms with E-state index in [1.807, 2.05) is 0 Å². The summed E-state index contributed by atoms with van der Waals surface area (Å²) in [5, 5.41) is 9.03. The Morgan fingerprint density at radius 3 is 2.53 bits per heavy atom. The second-order valence-electron chi connectivity index (χ2n) is 2.81. The van der Waals surface area contributed by atoms with E-state index in [2.05, 4.69) is 0 Å². The van der Waals surface area contributed by atoms with E-state index in [-0.39, 0.29) is 5.56 Å². The number of hydrogen-bond acceptors (Lipinski definition) is 2. The van der Waals surface area contributed by atoms with Crippen molar-refractivity contribution >= 4 is 29.6 Å². The smallest absolute Gasteiger partial charge is 0.335 e. The van der Waals surface area contributed by atoms with Crippen LogP contribution in [0.15, 0.2) is 24.3 Å². The number of nitrogens with two attached hydrogens (primary N) is 1. The lowest BCUT2D eigenvalue weighted by molar-refractivity contribution is -0.113. The average molecular weight is 226 g/mol. The van der Waals surface area contributed by atoms with E-state index in [0.29, 0.717) is 10.6 Å². The van der Waals surface area contributed by atoms with E-state index in [4.69, 9.17) is 22.4 Å². The third-order valence-electron chi connectivity index (χ3n) is 1.61. The normalized spacial score (nSPS) is 10.5. The molecule has 1 aromatic carbocycles. The molecule has 0 spiro atoms. The second-order valence-corrected chi connectivity index (χ2v) is 3.25. The van der Waals surface area contributed by atoms with Crippen molar-refractivity contribution in [3.63, 3.8) is 0 Å². The Kier molecular flexibility index (Phi) is 3.46. The molecule has 0 unspecified atom stereocenters. The molecule has 1 rings (SSSR count). The molecule has 0 aliphatic carbocycles. The highest BCUT2D eigenvalue weighted by Gasteiger charge is 2.04. The first-order chi connectivity index (χ1) is 6.99. The number of carboxylic acids is 1. The van der Waals surface area contributed by atoms with Crippen LogP contribution in [-0.4, -0.2) is 17.0 Å². The molecule has 0 atom stereocenters. The van der Waals surface area contributed by atoms with Crippen LogP contribution in [0.1, 0.15) is 15.9 Å². The van der Waals surface area contributed by atoms with Gasteiger partial charge in [0.05, 0.1) is 5.56 Å². The summed E-state index contributed by atoms with van der Waals surface area (Å²) in [6, 6.07) is 4.26. The molecule has 15 heavy (non-hydrogen) atoms. The van der Waals surface area contributed by atoms with Crippen molar-refractivity contribution in [2.75, 3.05) is 0 Å². The third-order valence-corrected chi connectivity index (χ3v) is 1.83. The minimum atomic E-state index is -1.08. The van der Waals surface area contributed by atoms with Crippen LogP contribution in [0.2, 0.25) is 5.02 Å². The SMILES string of the molecule is NC(=O)C=Cc1cc(Cl)cc(C(=O)O)c1. The number of halogens is 1. The predicted octanol–water partition coefficient (Wildman–Crippen LogP) is 1.54. The summed E-state index contributed by atoms with van der Waals surface area (Å²) < 4.78 is 0. The number of carbonyl (C=O) groups is 2. The van der Waals surface area contributed by atoms with Gasteiger partial charge in [-0.25, -0.2) is 4.79 Å². The summed E-state index contributed by atoms with van der Waals surface area (Å²) in [7, 11) is 0. The van der Waals surface area contributed by atoms with Crippen molar-refractivity contribution in [1.29, 1.82) is 0 Å². The summed E-state index contributed by atoms with van der Waals surface area (Å²) in [5.74, 6) is -1.68. The molecule has 0 aromatic heterocycles. The van der Waals surface area contributed by atoms with Crippen LogP contribution in [0.3, 0.4) is 0 Å². The Morgan fingerprint density at radius 2 is 2.00 bits per heavy atom. The quantitative estimate of drug-likeness (QED) is 0.766. The van der Waals surface area contributed by atoms with E-state index >= 15 is 0 Å². The van der Waals surface area contributed by atoms with Crippen molar-refractivity contribution in [2.24, 2.45) is 5.73 Å². The maximum absolute atomic E-state index is 10.7. The maximum atomic E-state index is 10.7. The van der Waals surface area contributed by atoms with Gasteiger partial charge in [-0.3, -0.25) is 4.79 Å². The summed E-state index contributed by atoms with van der Waals surface area (Å²) in [6.07, 6.45) is 2.54. The maximum Gasteiger partial charge on any atom is 0.335 e. The van der Waals surface area contributed by atoms with Crippen LogP contribution in [0, 0.1) is 0 Å². The standard InChI is InChI=1S/C10H8ClNO3/c11-8-4-6(1-2-9(12)13)3-7(5-8)10(14)15/h1-5H,(H2,12,13)(H,14,15). The van der Waals surface area contributed by atoms with E-state index in [1.165, 1.54) is 24.3 Å². The number of carbonyl (C=O) groups excluding carboxylic acids is 1. The van der Waals surface area contributed by atoms with Gasteiger partial charge in [-0.15, -0.1) is 0 Å². The first kappa shape index (κ1) is 11.3. The largest absolute Gasteiger partial charge is 0.478 e. The van der Waals surface area contributed by atoms with Gasteiger partial charge in [-0.05, 0) is 29.8 Å². The zero-order chi connectivity index (χ0) is 11.4. The van der Waals surface area contributed by atoms with E-state index < -0.39 is 11.9 Å². The van der Waals surface area contributed by atoms with Crippen LogP contribution in [0.5, 0.6) is 0 Å². The van der Waals surface area contributed by atoms with Gasteiger partial charge in [0, 0.05) is 11.1 Å². The van der Waals surface area contributed by atoms with Gasteiger partial charge < -0.3 is 10.8 Å². The minimum Gasteiger partial charge on any atom is -0.478 e. The molecule has 0 saturated heterocycles. The fourth-order valence-electron chi connectivity index (χ4n) is 1.01. The van der Waals surface area contributed by atoms with Crippen molar-refractivity contribution in [3.05, 3.63) is 40.4 Å². The average Bonchev–Trinajstić information content (AvgIpc) is 2.13. The highest BCUT2D eigenvalue weighted by Crippen LogP contribution is 2.16. The molecule has 1 aromatic rings. The molecular weight excluding hydrogens is 218 g/mol. The van der Waals surface area contributed by atoms with Crippen molar-refractivity contribution in [1.82, 2.24) is 0 Å². The molecule has 0 heterocycles. The molecule has 0 bridgehead atoms. The lowest BCUT2D eigenvalue weighted by atomic mass is 10.1. The van der Waals surface area contributed by atoms with Gasteiger partial charge in [-0.1, -0.05) is 11.6 Å². The van der Waals surface area contributed by atoms with Crippen LogP contribution in [-0.2, 0) is 4.79 Å². The zero-order valence-corrected chi connectivity index (χ0v) is 8.36. The fraction of sp³-hybridized carbons (Fsp3) is 0. The highest BCUT2D eigenvalue weighted by molar-refractivity contribution is 6.31. The van der Waals surface area contributed by atoms with Crippen LogP contribution >= 0.6 is 11.6 Å². The number of hydrogen-bond donors (Lipinski definition) is 2. The Hall–Kier alpha value is -1.81. The molecule has 78 valence electrons. The van der Waals surface area contributed by atoms with Gasteiger partial charge in [0.25, 0.3) is 0 Å². The van der Waals surface area contributed by atoms with Gasteiger partial charge in [0.1, 0.15) is 0 Å². The second kappa shape index (κ2) is 4.61. The van der Waals surface area contributed by atoms with Crippen molar-refractivity contribution in [2.45, 2.75) is 0 Å². The number of aromatic carboxylic acids is 1. The number of benzene rings is 1. The lowest BCUT2D eigenvalue weighted by Gasteiger charge is -1.98. The number of amides is 1. The van der Waals surface area contributed by atoms with Crippen LogP contribution < -0.4 is 5.73 Å². The van der Waals surface area contributed by atoms with E-state index in [1.54, 1.807) is 0 Å². The molecule has 0 saturated carbocycles. The lowest BCUT2D eigenvalue weighted by Crippen LogP contribution is -2.05. The molecule has 3 N–H and O–H groups in total. The molecule has 5 heteroatoms. The summed E-state index contributed by atoms with van der Waals surface area (Å²) in [6.45, 7) is 0. The zero-order valence-electron chi connectivity index (χ0n) is 7.61. The summed E-state index contributed by atoms with van der Waals surface area (Å²) in [4.78, 5) is 21.1. The van der Waals surface area contributed by atoms with Gasteiger partial charge in [0.15, 0.2) is 0 Å². The van der Waals surface area contributed by atoms with Crippen molar-refractivity contribution in [3.8, 4) is 0 Å². The van der Waals surface area contributed by atoms with Crippen molar-refractivity contribution < 1.29 is 14.7 Å². The Morgan fingerprint density at radius 1 is 1.33 bits per heavy atom. The molecular formula is C10H8ClNO3. The monoisotopic (exact) mass is 225 g/mol. The number of carboxylic acid groups (broad SMARTS) is 1. The third kappa shape index (κ3) is 3.44. The molecule has 0 aliphatic heterocycles. The molecule has 0 radical (unpaired) electrons. The fourth-order valence-corrected chi connectivity index (χ4v) is 1.25.